The Hall–Kier alpha value is -0.830. The van der Waals surface area contributed by atoms with Crippen LogP contribution >= 0.6 is 0 Å². The smallest absolute Gasteiger partial charge is 0.162 e. The first-order valence-electron chi connectivity index (χ1n) is 5.25. The standard InChI is InChI=1S/C12H23NO2/c1-9(13-10(2)8-15-6)7-11(14)12(3,4)5/h7,10,13H,8H2,1-6H3/b9-7-. The summed E-state index contributed by atoms with van der Waals surface area (Å²) < 4.78 is 5.00. The minimum absolute atomic E-state index is 0.136. The van der Waals surface area contributed by atoms with Crippen molar-refractivity contribution in [3.05, 3.63) is 11.8 Å². The molecule has 0 aliphatic rings. The maximum absolute atomic E-state index is 11.7. The van der Waals surface area contributed by atoms with E-state index in [1.54, 1.807) is 13.2 Å². The molecule has 88 valence electrons. The summed E-state index contributed by atoms with van der Waals surface area (Å²) in [7, 11) is 1.66. The van der Waals surface area contributed by atoms with Crippen molar-refractivity contribution in [1.82, 2.24) is 5.32 Å². The van der Waals surface area contributed by atoms with E-state index < -0.39 is 0 Å². The molecule has 0 aromatic rings. The largest absolute Gasteiger partial charge is 0.384 e. The molecule has 0 saturated heterocycles. The molecule has 1 unspecified atom stereocenters. The number of ketones is 1. The zero-order chi connectivity index (χ0) is 12.1. The molecule has 0 fully saturated rings. The van der Waals surface area contributed by atoms with Crippen LogP contribution in [-0.4, -0.2) is 25.5 Å². The molecule has 0 rings (SSSR count). The molecule has 0 heterocycles. The SMILES string of the molecule is COCC(C)N/C(C)=C\C(=O)C(C)(C)C. The Labute approximate surface area is 92.9 Å². The Morgan fingerprint density at radius 3 is 2.40 bits per heavy atom. The third kappa shape index (κ3) is 6.28. The zero-order valence-electron chi connectivity index (χ0n) is 10.7. The van der Waals surface area contributed by atoms with Gasteiger partial charge in [-0.05, 0) is 13.8 Å². The summed E-state index contributed by atoms with van der Waals surface area (Å²) in [5, 5.41) is 3.20. The molecule has 0 aromatic carbocycles. The van der Waals surface area contributed by atoms with Crippen LogP contribution in [0.3, 0.4) is 0 Å². The summed E-state index contributed by atoms with van der Waals surface area (Å²) in [4.78, 5) is 11.7. The van der Waals surface area contributed by atoms with Gasteiger partial charge in [-0.2, -0.15) is 0 Å². The molecule has 0 amide bonds. The highest BCUT2D eigenvalue weighted by Gasteiger charge is 2.18. The lowest BCUT2D eigenvalue weighted by atomic mass is 9.90. The van der Waals surface area contributed by atoms with Gasteiger partial charge in [-0.3, -0.25) is 4.79 Å². The number of allylic oxidation sites excluding steroid dienone is 2. The van der Waals surface area contributed by atoms with Crippen molar-refractivity contribution in [2.75, 3.05) is 13.7 Å². The molecule has 0 aliphatic heterocycles. The predicted octanol–water partition coefficient (Wildman–Crippen LogP) is 2.13. The second-order valence-electron chi connectivity index (χ2n) is 4.94. The number of ether oxygens (including phenoxy) is 1. The van der Waals surface area contributed by atoms with Crippen LogP contribution in [0.1, 0.15) is 34.6 Å². The summed E-state index contributed by atoms with van der Waals surface area (Å²) in [6.45, 7) is 10.3. The summed E-state index contributed by atoms with van der Waals surface area (Å²) in [6.07, 6.45) is 1.66. The van der Waals surface area contributed by atoms with Crippen molar-refractivity contribution in [2.45, 2.75) is 40.7 Å². The normalized spacial score (nSPS) is 14.9. The van der Waals surface area contributed by atoms with Crippen LogP contribution in [0.2, 0.25) is 0 Å². The Morgan fingerprint density at radius 2 is 2.00 bits per heavy atom. The number of carbonyl (C=O) groups excluding carboxylic acids is 1. The summed E-state index contributed by atoms with van der Waals surface area (Å²) in [5.41, 5.74) is 0.576. The van der Waals surface area contributed by atoms with Crippen molar-refractivity contribution in [3.8, 4) is 0 Å². The predicted molar refractivity (Wildman–Crippen MR) is 62.7 cm³/mol. The fraction of sp³-hybridized carbons (Fsp3) is 0.750. The maximum Gasteiger partial charge on any atom is 0.162 e. The molecule has 1 N–H and O–H groups in total. The van der Waals surface area contributed by atoms with Gasteiger partial charge in [0.15, 0.2) is 5.78 Å². The third-order valence-electron chi connectivity index (χ3n) is 1.98. The van der Waals surface area contributed by atoms with Crippen LogP contribution in [-0.2, 0) is 9.53 Å². The highest BCUT2D eigenvalue weighted by Crippen LogP contribution is 2.15. The van der Waals surface area contributed by atoms with Crippen LogP contribution in [0, 0.1) is 5.41 Å². The highest BCUT2D eigenvalue weighted by atomic mass is 16.5. The molecule has 0 aliphatic carbocycles. The third-order valence-corrected chi connectivity index (χ3v) is 1.98. The first-order valence-corrected chi connectivity index (χ1v) is 5.25. The molecule has 0 aromatic heterocycles. The maximum atomic E-state index is 11.7. The molecule has 3 heteroatoms. The lowest BCUT2D eigenvalue weighted by Gasteiger charge is -2.17. The molecule has 0 spiro atoms. The Bertz CT molecular complexity index is 238. The lowest BCUT2D eigenvalue weighted by molar-refractivity contribution is -0.121. The van der Waals surface area contributed by atoms with E-state index in [4.69, 9.17) is 4.74 Å². The number of nitrogens with one attached hydrogen (secondary N) is 1. The summed E-state index contributed by atoms with van der Waals surface area (Å²) in [5.74, 6) is 0.136. The highest BCUT2D eigenvalue weighted by molar-refractivity contribution is 5.94. The number of hydrogen-bond acceptors (Lipinski definition) is 3. The van der Waals surface area contributed by atoms with Crippen molar-refractivity contribution in [2.24, 2.45) is 5.41 Å². The molecule has 15 heavy (non-hydrogen) atoms. The zero-order valence-corrected chi connectivity index (χ0v) is 10.7. The molecule has 1 atom stereocenters. The second-order valence-corrected chi connectivity index (χ2v) is 4.94. The van der Waals surface area contributed by atoms with E-state index in [2.05, 4.69) is 5.32 Å². The molecular weight excluding hydrogens is 190 g/mol. The van der Waals surface area contributed by atoms with Gasteiger partial charge < -0.3 is 10.1 Å². The Morgan fingerprint density at radius 1 is 1.47 bits per heavy atom. The summed E-state index contributed by atoms with van der Waals surface area (Å²) >= 11 is 0. The Balaban J connectivity index is 4.26. The molecule has 3 nitrogen and oxygen atoms in total. The van der Waals surface area contributed by atoms with Gasteiger partial charge in [0.2, 0.25) is 0 Å². The minimum Gasteiger partial charge on any atom is -0.384 e. The van der Waals surface area contributed by atoms with Crippen LogP contribution in [0.4, 0.5) is 0 Å². The number of methoxy groups -OCH3 is 1. The van der Waals surface area contributed by atoms with E-state index >= 15 is 0 Å². The van der Waals surface area contributed by atoms with Crippen LogP contribution in [0.25, 0.3) is 0 Å². The first kappa shape index (κ1) is 14.2. The van der Waals surface area contributed by atoms with Gasteiger partial charge in [0.05, 0.1) is 6.61 Å². The van der Waals surface area contributed by atoms with Gasteiger partial charge in [0.25, 0.3) is 0 Å². The lowest BCUT2D eigenvalue weighted by Crippen LogP contribution is -2.29. The van der Waals surface area contributed by atoms with Crippen molar-refractivity contribution < 1.29 is 9.53 Å². The van der Waals surface area contributed by atoms with E-state index in [-0.39, 0.29) is 17.2 Å². The van der Waals surface area contributed by atoms with Crippen molar-refractivity contribution in [1.29, 1.82) is 0 Å². The van der Waals surface area contributed by atoms with Gasteiger partial charge in [0, 0.05) is 30.3 Å². The average molecular weight is 213 g/mol. The fourth-order valence-electron chi connectivity index (χ4n) is 1.14. The molecule has 0 bridgehead atoms. The summed E-state index contributed by atoms with van der Waals surface area (Å²) in [6, 6.07) is 0.221. The number of hydrogen-bond donors (Lipinski definition) is 1. The van der Waals surface area contributed by atoms with Gasteiger partial charge in [0.1, 0.15) is 0 Å². The van der Waals surface area contributed by atoms with Gasteiger partial charge >= 0.3 is 0 Å². The monoisotopic (exact) mass is 213 g/mol. The van der Waals surface area contributed by atoms with Crippen LogP contribution in [0.5, 0.6) is 0 Å². The van der Waals surface area contributed by atoms with Crippen LogP contribution in [0.15, 0.2) is 11.8 Å². The van der Waals surface area contributed by atoms with E-state index in [0.717, 1.165) is 5.70 Å². The van der Waals surface area contributed by atoms with Crippen molar-refractivity contribution >= 4 is 5.78 Å². The topological polar surface area (TPSA) is 38.3 Å². The second kappa shape index (κ2) is 5.91. The van der Waals surface area contributed by atoms with Crippen LogP contribution < -0.4 is 5.32 Å². The Kier molecular flexibility index (Phi) is 5.58. The van der Waals surface area contributed by atoms with Gasteiger partial charge in [-0.15, -0.1) is 0 Å². The van der Waals surface area contributed by atoms with Gasteiger partial charge in [-0.25, -0.2) is 0 Å². The molecule has 0 radical (unpaired) electrons. The fourth-order valence-corrected chi connectivity index (χ4v) is 1.14. The number of carbonyl (C=O) groups is 1. The van der Waals surface area contributed by atoms with E-state index in [9.17, 15) is 4.79 Å². The molecular formula is C12H23NO2. The van der Waals surface area contributed by atoms with E-state index in [1.807, 2.05) is 34.6 Å². The molecule has 0 saturated carbocycles. The first-order chi connectivity index (χ1) is 6.77. The average Bonchev–Trinajstić information content (AvgIpc) is 2.01. The van der Waals surface area contributed by atoms with Crippen molar-refractivity contribution in [3.63, 3.8) is 0 Å². The minimum atomic E-state index is -0.312. The van der Waals surface area contributed by atoms with Gasteiger partial charge in [-0.1, -0.05) is 20.8 Å². The van der Waals surface area contributed by atoms with E-state index in [1.165, 1.54) is 0 Å². The van der Waals surface area contributed by atoms with E-state index in [0.29, 0.717) is 6.61 Å². The quantitative estimate of drug-likeness (QED) is 0.711. The number of rotatable bonds is 5.